The first-order valence-corrected chi connectivity index (χ1v) is 6.19. The molecule has 0 fully saturated rings. The zero-order chi connectivity index (χ0) is 13.0. The number of rotatable bonds is 4. The molecular weight excluding hydrogens is 299 g/mol. The number of methoxy groups -OCH3 is 1. The highest BCUT2D eigenvalue weighted by atomic mass is 79.9. The molecule has 2 rings (SSSR count). The normalized spacial score (nSPS) is 10.2. The lowest BCUT2D eigenvalue weighted by molar-refractivity contribution is 0.296. The van der Waals surface area contributed by atoms with Crippen molar-refractivity contribution >= 4 is 15.9 Å². The van der Waals surface area contributed by atoms with Crippen LogP contribution >= 0.6 is 15.9 Å². The van der Waals surface area contributed by atoms with Gasteiger partial charge in [0.1, 0.15) is 23.9 Å². The fourth-order valence-electron chi connectivity index (χ4n) is 1.53. The van der Waals surface area contributed by atoms with Gasteiger partial charge in [-0.3, -0.25) is 0 Å². The van der Waals surface area contributed by atoms with Crippen molar-refractivity contribution in [1.82, 2.24) is 0 Å². The molecule has 94 valence electrons. The summed E-state index contributed by atoms with van der Waals surface area (Å²) in [6.45, 7) is 0.377. The summed E-state index contributed by atoms with van der Waals surface area (Å²) in [5, 5.41) is 0. The van der Waals surface area contributed by atoms with E-state index in [1.54, 1.807) is 19.2 Å². The largest absolute Gasteiger partial charge is 0.496 e. The van der Waals surface area contributed by atoms with Gasteiger partial charge in [-0.1, -0.05) is 22.0 Å². The van der Waals surface area contributed by atoms with Crippen molar-refractivity contribution in [1.29, 1.82) is 0 Å². The highest BCUT2D eigenvalue weighted by molar-refractivity contribution is 9.10. The van der Waals surface area contributed by atoms with Crippen LogP contribution in [-0.2, 0) is 6.61 Å². The molecule has 0 saturated heterocycles. The van der Waals surface area contributed by atoms with Crippen LogP contribution in [0.25, 0.3) is 0 Å². The minimum absolute atomic E-state index is 0.274. The lowest BCUT2D eigenvalue weighted by Crippen LogP contribution is -1.98. The van der Waals surface area contributed by atoms with Crippen LogP contribution in [0.2, 0.25) is 0 Å². The van der Waals surface area contributed by atoms with Crippen LogP contribution in [-0.4, -0.2) is 7.11 Å². The molecule has 0 radical (unpaired) electrons. The van der Waals surface area contributed by atoms with Gasteiger partial charge in [0.25, 0.3) is 0 Å². The molecule has 0 amide bonds. The number of ether oxygens (including phenoxy) is 2. The maximum absolute atomic E-state index is 12.7. The summed E-state index contributed by atoms with van der Waals surface area (Å²) in [6, 6.07) is 11.7. The van der Waals surface area contributed by atoms with Crippen molar-refractivity contribution in [2.24, 2.45) is 0 Å². The lowest BCUT2D eigenvalue weighted by atomic mass is 10.2. The van der Waals surface area contributed by atoms with E-state index < -0.39 is 0 Å². The van der Waals surface area contributed by atoms with Gasteiger partial charge in [0, 0.05) is 10.0 Å². The molecule has 0 aliphatic carbocycles. The highest BCUT2D eigenvalue weighted by Gasteiger charge is 2.04. The first-order chi connectivity index (χ1) is 8.69. The van der Waals surface area contributed by atoms with Crippen LogP contribution in [0.5, 0.6) is 11.5 Å². The smallest absolute Gasteiger partial charge is 0.126 e. The second kappa shape index (κ2) is 5.87. The fraction of sp³-hybridized carbons (Fsp3) is 0.143. The van der Waals surface area contributed by atoms with Crippen molar-refractivity contribution in [3.63, 3.8) is 0 Å². The van der Waals surface area contributed by atoms with Gasteiger partial charge >= 0.3 is 0 Å². The molecule has 0 aromatic heterocycles. The Morgan fingerprint density at radius 3 is 2.50 bits per heavy atom. The summed E-state index contributed by atoms with van der Waals surface area (Å²) >= 11 is 3.38. The Hall–Kier alpha value is -1.55. The van der Waals surface area contributed by atoms with E-state index in [1.165, 1.54) is 12.1 Å². The maximum atomic E-state index is 12.7. The van der Waals surface area contributed by atoms with Gasteiger partial charge in [0.2, 0.25) is 0 Å². The fourth-order valence-corrected chi connectivity index (χ4v) is 1.87. The summed E-state index contributed by atoms with van der Waals surface area (Å²) in [6.07, 6.45) is 0. The molecule has 0 unspecified atom stereocenters. The third kappa shape index (κ3) is 3.23. The molecule has 0 saturated carbocycles. The second-order valence-corrected chi connectivity index (χ2v) is 4.61. The number of halogens is 2. The van der Waals surface area contributed by atoms with E-state index in [2.05, 4.69) is 15.9 Å². The minimum atomic E-state index is -0.274. The number of hydrogen-bond donors (Lipinski definition) is 0. The van der Waals surface area contributed by atoms with E-state index in [0.29, 0.717) is 12.4 Å². The summed E-state index contributed by atoms with van der Waals surface area (Å²) in [7, 11) is 1.61. The van der Waals surface area contributed by atoms with Crippen molar-refractivity contribution in [3.05, 3.63) is 58.3 Å². The molecule has 18 heavy (non-hydrogen) atoms. The van der Waals surface area contributed by atoms with Crippen LogP contribution in [0.15, 0.2) is 46.9 Å². The summed E-state index contributed by atoms with van der Waals surface area (Å²) < 4.78 is 24.5. The van der Waals surface area contributed by atoms with Crippen LogP contribution in [0, 0.1) is 5.82 Å². The molecule has 0 aliphatic rings. The zero-order valence-corrected chi connectivity index (χ0v) is 11.4. The average molecular weight is 311 g/mol. The van der Waals surface area contributed by atoms with Crippen molar-refractivity contribution < 1.29 is 13.9 Å². The van der Waals surface area contributed by atoms with Gasteiger partial charge in [-0.05, 0) is 36.4 Å². The summed E-state index contributed by atoms with van der Waals surface area (Å²) in [5.74, 6) is 1.11. The van der Waals surface area contributed by atoms with E-state index in [9.17, 15) is 4.39 Å². The Morgan fingerprint density at radius 1 is 1.11 bits per heavy atom. The van der Waals surface area contributed by atoms with Crippen LogP contribution in [0.3, 0.4) is 0 Å². The van der Waals surface area contributed by atoms with Gasteiger partial charge in [-0.15, -0.1) is 0 Å². The van der Waals surface area contributed by atoms with E-state index >= 15 is 0 Å². The molecule has 2 aromatic carbocycles. The van der Waals surface area contributed by atoms with Crippen molar-refractivity contribution in [2.75, 3.05) is 7.11 Å². The Labute approximate surface area is 113 Å². The van der Waals surface area contributed by atoms with Gasteiger partial charge in [-0.25, -0.2) is 4.39 Å². The predicted octanol–water partition coefficient (Wildman–Crippen LogP) is 4.18. The van der Waals surface area contributed by atoms with E-state index in [1.807, 2.05) is 18.2 Å². The molecule has 0 spiro atoms. The molecular formula is C14H12BrFO2. The predicted molar refractivity (Wildman–Crippen MR) is 71.4 cm³/mol. The first-order valence-electron chi connectivity index (χ1n) is 5.40. The molecule has 0 bridgehead atoms. The SMILES string of the molecule is COc1cc(Br)ccc1COc1ccc(F)cc1. The van der Waals surface area contributed by atoms with Crippen LogP contribution in [0.4, 0.5) is 4.39 Å². The van der Waals surface area contributed by atoms with Gasteiger partial charge in [0.15, 0.2) is 0 Å². The molecule has 4 heteroatoms. The van der Waals surface area contributed by atoms with E-state index in [-0.39, 0.29) is 5.82 Å². The molecule has 0 N–H and O–H groups in total. The molecule has 2 aromatic rings. The minimum Gasteiger partial charge on any atom is -0.496 e. The second-order valence-electron chi connectivity index (χ2n) is 3.70. The zero-order valence-electron chi connectivity index (χ0n) is 9.82. The van der Waals surface area contributed by atoms with Gasteiger partial charge < -0.3 is 9.47 Å². The molecule has 2 nitrogen and oxygen atoms in total. The first kappa shape index (κ1) is 12.9. The van der Waals surface area contributed by atoms with E-state index in [4.69, 9.17) is 9.47 Å². The Kier molecular flexibility index (Phi) is 4.20. The number of hydrogen-bond acceptors (Lipinski definition) is 2. The molecule has 0 heterocycles. The van der Waals surface area contributed by atoms with Crippen molar-refractivity contribution in [3.8, 4) is 11.5 Å². The van der Waals surface area contributed by atoms with Gasteiger partial charge in [0.05, 0.1) is 7.11 Å². The molecule has 0 atom stereocenters. The summed E-state index contributed by atoms with van der Waals surface area (Å²) in [4.78, 5) is 0. The monoisotopic (exact) mass is 310 g/mol. The molecule has 0 aliphatic heterocycles. The topological polar surface area (TPSA) is 18.5 Å². The quantitative estimate of drug-likeness (QED) is 0.843. The van der Waals surface area contributed by atoms with Gasteiger partial charge in [-0.2, -0.15) is 0 Å². The highest BCUT2D eigenvalue weighted by Crippen LogP contribution is 2.24. The third-order valence-electron chi connectivity index (χ3n) is 2.46. The maximum Gasteiger partial charge on any atom is 0.126 e. The Morgan fingerprint density at radius 2 is 1.83 bits per heavy atom. The van der Waals surface area contributed by atoms with Crippen LogP contribution < -0.4 is 9.47 Å². The van der Waals surface area contributed by atoms with Crippen LogP contribution in [0.1, 0.15) is 5.56 Å². The van der Waals surface area contributed by atoms with E-state index in [0.717, 1.165) is 15.8 Å². The number of benzene rings is 2. The third-order valence-corrected chi connectivity index (χ3v) is 2.95. The average Bonchev–Trinajstić information content (AvgIpc) is 2.39. The Bertz CT molecular complexity index is 526. The van der Waals surface area contributed by atoms with Crippen molar-refractivity contribution in [2.45, 2.75) is 6.61 Å². The standard InChI is InChI=1S/C14H12BrFO2/c1-17-14-8-11(15)3-2-10(14)9-18-13-6-4-12(16)5-7-13/h2-8H,9H2,1H3. The summed E-state index contributed by atoms with van der Waals surface area (Å²) in [5.41, 5.74) is 0.935. The Balaban J connectivity index is 2.08. The lowest BCUT2D eigenvalue weighted by Gasteiger charge is -2.10.